The summed E-state index contributed by atoms with van der Waals surface area (Å²) in [5, 5.41) is 11.1. The molecule has 0 aliphatic heterocycles. The highest BCUT2D eigenvalue weighted by atomic mass is 16.4. The van der Waals surface area contributed by atoms with Crippen molar-refractivity contribution in [1.29, 1.82) is 0 Å². The van der Waals surface area contributed by atoms with Crippen LogP contribution in [0.15, 0.2) is 12.3 Å². The molecule has 0 bridgehead atoms. The average Bonchev–Trinajstić information content (AvgIpc) is 2.07. The number of nitrogens with one attached hydrogen (secondary N) is 1. The molecule has 70 valence electrons. The quantitative estimate of drug-likeness (QED) is 0.733. The van der Waals surface area contributed by atoms with Gasteiger partial charge in [-0.1, -0.05) is 0 Å². The molecule has 0 atom stereocenters. The van der Waals surface area contributed by atoms with Gasteiger partial charge < -0.3 is 10.4 Å². The maximum Gasteiger partial charge on any atom is 0.322 e. The van der Waals surface area contributed by atoms with Crippen molar-refractivity contribution in [3.05, 3.63) is 23.4 Å². The molecule has 1 heterocycles. The highest BCUT2D eigenvalue weighted by Crippen LogP contribution is 2.09. The molecule has 0 spiro atoms. The summed E-state index contributed by atoms with van der Waals surface area (Å²) < 4.78 is 0. The summed E-state index contributed by atoms with van der Waals surface area (Å²) in [7, 11) is 0. The number of aryl methyl sites for hydroxylation is 2. The first-order valence-corrected chi connectivity index (χ1v) is 3.98. The van der Waals surface area contributed by atoms with Crippen molar-refractivity contribution in [1.82, 2.24) is 4.98 Å². The zero-order valence-corrected chi connectivity index (χ0v) is 7.66. The fraction of sp³-hybridized carbons (Fsp3) is 0.333. The summed E-state index contributed by atoms with van der Waals surface area (Å²) in [6.07, 6.45) is 1.72. The van der Waals surface area contributed by atoms with Crippen LogP contribution in [0.5, 0.6) is 0 Å². The molecule has 0 aliphatic carbocycles. The Bertz CT molecular complexity index is 323. The minimum absolute atomic E-state index is 0.102. The smallest absolute Gasteiger partial charge is 0.322 e. The van der Waals surface area contributed by atoms with Crippen molar-refractivity contribution in [3.8, 4) is 0 Å². The van der Waals surface area contributed by atoms with Gasteiger partial charge in [-0.15, -0.1) is 0 Å². The van der Waals surface area contributed by atoms with E-state index in [1.165, 1.54) is 0 Å². The van der Waals surface area contributed by atoms with Gasteiger partial charge in [0.1, 0.15) is 12.4 Å². The summed E-state index contributed by atoms with van der Waals surface area (Å²) in [6.45, 7) is 3.82. The predicted molar refractivity (Wildman–Crippen MR) is 49.8 cm³/mol. The molecule has 0 amide bonds. The maximum absolute atomic E-state index is 10.2. The van der Waals surface area contributed by atoms with Crippen LogP contribution in [0.25, 0.3) is 0 Å². The second kappa shape index (κ2) is 3.89. The number of anilines is 1. The fourth-order valence-corrected chi connectivity index (χ4v) is 0.887. The molecule has 0 saturated heterocycles. The number of pyridine rings is 1. The average molecular weight is 180 g/mol. The first-order chi connectivity index (χ1) is 6.09. The summed E-state index contributed by atoms with van der Waals surface area (Å²) in [5.74, 6) is -0.287. The fourth-order valence-electron chi connectivity index (χ4n) is 0.887. The van der Waals surface area contributed by atoms with Crippen LogP contribution in [0.3, 0.4) is 0 Å². The van der Waals surface area contributed by atoms with Crippen LogP contribution < -0.4 is 5.32 Å². The number of aromatic nitrogens is 1. The number of carboxylic acids is 1. The summed E-state index contributed by atoms with van der Waals surface area (Å²) in [6, 6.07) is 1.83. The summed E-state index contributed by atoms with van der Waals surface area (Å²) in [5.41, 5.74) is 2.20. The number of rotatable bonds is 3. The van der Waals surface area contributed by atoms with Crippen molar-refractivity contribution in [2.24, 2.45) is 0 Å². The Hall–Kier alpha value is -1.58. The molecule has 4 nitrogen and oxygen atoms in total. The van der Waals surface area contributed by atoms with E-state index in [9.17, 15) is 4.79 Å². The Kier molecular flexibility index (Phi) is 2.84. The minimum atomic E-state index is -0.889. The van der Waals surface area contributed by atoms with Gasteiger partial charge in [0.25, 0.3) is 0 Å². The molecular weight excluding hydrogens is 168 g/mol. The zero-order chi connectivity index (χ0) is 9.84. The molecule has 2 N–H and O–H groups in total. The molecule has 0 fully saturated rings. The molecule has 0 aliphatic rings. The van der Waals surface area contributed by atoms with E-state index in [0.717, 1.165) is 11.1 Å². The second-order valence-electron chi connectivity index (χ2n) is 2.90. The largest absolute Gasteiger partial charge is 0.480 e. The van der Waals surface area contributed by atoms with Gasteiger partial charge in [-0.05, 0) is 31.0 Å². The third kappa shape index (κ3) is 2.74. The van der Waals surface area contributed by atoms with Crippen LogP contribution in [0.4, 0.5) is 5.82 Å². The zero-order valence-electron chi connectivity index (χ0n) is 7.66. The van der Waals surface area contributed by atoms with Gasteiger partial charge in [0.05, 0.1) is 0 Å². The lowest BCUT2D eigenvalue weighted by Crippen LogP contribution is -2.13. The SMILES string of the molecule is Cc1cnc(NCC(=O)O)cc1C. The molecule has 4 heteroatoms. The van der Waals surface area contributed by atoms with Crippen LogP contribution >= 0.6 is 0 Å². The van der Waals surface area contributed by atoms with Crippen molar-refractivity contribution >= 4 is 11.8 Å². The van der Waals surface area contributed by atoms with Crippen LogP contribution in [-0.2, 0) is 4.79 Å². The summed E-state index contributed by atoms with van der Waals surface area (Å²) in [4.78, 5) is 14.3. The highest BCUT2D eigenvalue weighted by Gasteiger charge is 1.99. The van der Waals surface area contributed by atoms with Crippen molar-refractivity contribution in [2.75, 3.05) is 11.9 Å². The number of carbonyl (C=O) groups is 1. The Morgan fingerprint density at radius 3 is 2.77 bits per heavy atom. The molecule has 0 aromatic carbocycles. The topological polar surface area (TPSA) is 62.2 Å². The predicted octanol–water partition coefficient (Wildman–Crippen LogP) is 1.19. The third-order valence-corrected chi connectivity index (χ3v) is 1.79. The van der Waals surface area contributed by atoms with E-state index >= 15 is 0 Å². The normalized spacial score (nSPS) is 9.69. The number of nitrogens with zero attached hydrogens (tertiary/aromatic N) is 1. The molecule has 13 heavy (non-hydrogen) atoms. The van der Waals surface area contributed by atoms with E-state index in [-0.39, 0.29) is 6.54 Å². The van der Waals surface area contributed by atoms with E-state index in [4.69, 9.17) is 5.11 Å². The number of carboxylic acid groups (broad SMARTS) is 1. The monoisotopic (exact) mass is 180 g/mol. The maximum atomic E-state index is 10.2. The van der Waals surface area contributed by atoms with Crippen LogP contribution in [0.1, 0.15) is 11.1 Å². The lowest BCUT2D eigenvalue weighted by atomic mass is 10.2. The summed E-state index contributed by atoms with van der Waals surface area (Å²) >= 11 is 0. The van der Waals surface area contributed by atoms with Gasteiger partial charge in [-0.3, -0.25) is 4.79 Å². The molecule has 0 unspecified atom stereocenters. The molecular formula is C9H12N2O2. The van der Waals surface area contributed by atoms with Gasteiger partial charge >= 0.3 is 5.97 Å². The molecule has 0 radical (unpaired) electrons. The number of hydrogen-bond acceptors (Lipinski definition) is 3. The molecule has 1 rings (SSSR count). The van der Waals surface area contributed by atoms with Crippen LogP contribution in [0, 0.1) is 13.8 Å². The first kappa shape index (κ1) is 9.51. The minimum Gasteiger partial charge on any atom is -0.480 e. The Morgan fingerprint density at radius 1 is 1.54 bits per heavy atom. The Morgan fingerprint density at radius 2 is 2.23 bits per heavy atom. The van der Waals surface area contributed by atoms with E-state index in [1.54, 1.807) is 6.20 Å². The number of hydrogen-bond donors (Lipinski definition) is 2. The van der Waals surface area contributed by atoms with E-state index in [0.29, 0.717) is 5.82 Å². The molecule has 1 aromatic rings. The number of aliphatic carboxylic acids is 1. The van der Waals surface area contributed by atoms with Gasteiger partial charge in [0.15, 0.2) is 0 Å². The standard InChI is InChI=1S/C9H12N2O2/c1-6-3-8(10-4-7(6)2)11-5-9(12)13/h3-4H,5H2,1-2H3,(H,10,11)(H,12,13). The van der Waals surface area contributed by atoms with Crippen LogP contribution in [0.2, 0.25) is 0 Å². The van der Waals surface area contributed by atoms with E-state index in [2.05, 4.69) is 10.3 Å². The molecule has 0 saturated carbocycles. The van der Waals surface area contributed by atoms with Crippen molar-refractivity contribution in [3.63, 3.8) is 0 Å². The Balaban J connectivity index is 2.68. The van der Waals surface area contributed by atoms with E-state index < -0.39 is 5.97 Å². The molecule has 1 aromatic heterocycles. The van der Waals surface area contributed by atoms with Gasteiger partial charge in [-0.2, -0.15) is 0 Å². The van der Waals surface area contributed by atoms with Gasteiger partial charge in [0, 0.05) is 6.20 Å². The van der Waals surface area contributed by atoms with Gasteiger partial charge in [-0.25, -0.2) is 4.98 Å². The van der Waals surface area contributed by atoms with Crippen molar-refractivity contribution < 1.29 is 9.90 Å². The lowest BCUT2D eigenvalue weighted by molar-refractivity contribution is -0.134. The first-order valence-electron chi connectivity index (χ1n) is 3.98. The lowest BCUT2D eigenvalue weighted by Gasteiger charge is -2.04. The second-order valence-corrected chi connectivity index (χ2v) is 2.90. The Labute approximate surface area is 76.6 Å². The van der Waals surface area contributed by atoms with E-state index in [1.807, 2.05) is 19.9 Å². The van der Waals surface area contributed by atoms with Crippen LogP contribution in [-0.4, -0.2) is 22.6 Å². The van der Waals surface area contributed by atoms with Crippen molar-refractivity contribution in [2.45, 2.75) is 13.8 Å². The highest BCUT2D eigenvalue weighted by molar-refractivity contribution is 5.72. The van der Waals surface area contributed by atoms with Gasteiger partial charge in [0.2, 0.25) is 0 Å². The third-order valence-electron chi connectivity index (χ3n) is 1.79.